The molecule has 0 fully saturated rings. The Bertz CT molecular complexity index is 252. The maximum absolute atomic E-state index is 4.86. The molecule has 0 aromatic carbocycles. The largest absolute Gasteiger partial charge is 4.00 e. The van der Waals surface area contributed by atoms with Crippen LogP contribution in [0.2, 0.25) is 58.9 Å². The van der Waals surface area contributed by atoms with Gasteiger partial charge in [0.15, 0.2) is 0 Å². The summed E-state index contributed by atoms with van der Waals surface area (Å²) >= 11 is 0. The zero-order valence-corrected chi connectivity index (χ0v) is 23.5. The van der Waals surface area contributed by atoms with E-state index in [-0.39, 0.29) is 33.6 Å². The smallest absolute Gasteiger partial charge is 0.664 e. The van der Waals surface area contributed by atoms with Crippen LogP contribution < -0.4 is 0 Å². The Balaban J connectivity index is -0.00000220. The summed E-state index contributed by atoms with van der Waals surface area (Å²) in [4.78, 5) is 17.1. The second-order valence-electron chi connectivity index (χ2n) is 9.00. The van der Waals surface area contributed by atoms with Gasteiger partial charge in [0.25, 0.3) is 0 Å². The molecule has 0 N–H and O–H groups in total. The van der Waals surface area contributed by atoms with Gasteiger partial charge in [-0.25, -0.2) is 0 Å². The van der Waals surface area contributed by atoms with Crippen LogP contribution in [0.25, 0.3) is 14.9 Å². The minimum absolute atomic E-state index is 0. The first-order valence-electron chi connectivity index (χ1n) is 8.57. The third kappa shape index (κ3) is 23.4. The molecule has 0 atom stereocenters. The van der Waals surface area contributed by atoms with Crippen LogP contribution in [0, 0.1) is 7.43 Å². The molecule has 0 heterocycles. The van der Waals surface area contributed by atoms with Gasteiger partial charge in [0.1, 0.15) is 0 Å². The molecule has 0 saturated carbocycles. The van der Waals surface area contributed by atoms with Crippen LogP contribution in [-0.4, -0.2) is 68.9 Å². The zero-order valence-electron chi connectivity index (χ0n) is 18.0. The van der Waals surface area contributed by atoms with Crippen molar-refractivity contribution >= 4 is 24.7 Å². The Kier molecular flexibility index (Phi) is 17.0. The van der Waals surface area contributed by atoms with Crippen LogP contribution >= 0.6 is 0 Å². The van der Waals surface area contributed by atoms with Gasteiger partial charge in [0.2, 0.25) is 0 Å². The quantitative estimate of drug-likeness (QED) is 0.282. The van der Waals surface area contributed by atoms with Crippen LogP contribution in [0.15, 0.2) is 0 Å². The zero-order chi connectivity index (χ0) is 17.4. The normalized spacial score (nSPS) is 12.8. The second kappa shape index (κ2) is 13.5. The molecule has 0 aromatic rings. The Morgan fingerprint density at radius 2 is 0.750 bits per heavy atom. The van der Waals surface area contributed by atoms with Gasteiger partial charge in [-0.05, 0) is 19.6 Å². The van der Waals surface area contributed by atoms with Crippen molar-refractivity contribution in [3.63, 3.8) is 0 Å². The summed E-state index contributed by atoms with van der Waals surface area (Å²) in [6.07, 6.45) is 0. The van der Waals surface area contributed by atoms with Crippen molar-refractivity contribution in [2.45, 2.75) is 58.9 Å². The van der Waals surface area contributed by atoms with Crippen molar-refractivity contribution in [3.8, 4) is 0 Å². The molecule has 4 nitrogen and oxygen atoms in total. The van der Waals surface area contributed by atoms with E-state index in [1.54, 1.807) is 0 Å². The molecule has 0 unspecified atom stereocenters. The Hall–Kier alpha value is 1.37. The molecule has 142 valence electrons. The first kappa shape index (κ1) is 30.1. The average Bonchev–Trinajstić information content (AvgIpc) is 2.23. The summed E-state index contributed by atoms with van der Waals surface area (Å²) in [6.45, 7) is 26.8. The van der Waals surface area contributed by atoms with Crippen molar-refractivity contribution < 1.29 is 26.2 Å². The molecule has 0 radical (unpaired) electrons. The van der Waals surface area contributed by atoms with Crippen molar-refractivity contribution in [2.75, 3.05) is 39.3 Å². The van der Waals surface area contributed by atoms with Gasteiger partial charge in [0, 0.05) is 0 Å². The van der Waals surface area contributed by atoms with E-state index in [9.17, 15) is 0 Å². The molecule has 0 aliphatic rings. The molecule has 0 aliphatic carbocycles. The fraction of sp³-hybridized carbons (Fsp3) is 0.938. The van der Waals surface area contributed by atoms with Crippen molar-refractivity contribution in [1.82, 2.24) is 4.90 Å². The first-order valence-corrected chi connectivity index (χ1v) is 18.9. The van der Waals surface area contributed by atoms with Crippen LogP contribution in [0.5, 0.6) is 0 Å². The average molecular weight is 466 g/mol. The van der Waals surface area contributed by atoms with E-state index in [4.69, 9.17) is 14.9 Å². The molecular formula is C16H42N4Si3Zr. The molecule has 0 saturated heterocycles. The molecule has 0 aliphatic heterocycles. The topological polar surface area (TPSA) is 45.5 Å². The maximum Gasteiger partial charge on any atom is 4.00 e. The van der Waals surface area contributed by atoms with Crippen LogP contribution in [0.4, 0.5) is 0 Å². The summed E-state index contributed by atoms with van der Waals surface area (Å²) in [5.74, 6) is 0. The molecule has 24 heavy (non-hydrogen) atoms. The molecular weight excluding hydrogens is 424 g/mol. The molecule has 8 heteroatoms. The Morgan fingerprint density at radius 1 is 0.542 bits per heavy atom. The van der Waals surface area contributed by atoms with Crippen molar-refractivity contribution in [1.29, 1.82) is 0 Å². The minimum Gasteiger partial charge on any atom is -0.664 e. The van der Waals surface area contributed by atoms with Gasteiger partial charge >= 0.3 is 26.2 Å². The standard InChI is InChI=1S/C15H39N4Si3.CH3.Zr/c1-20(2,3)16-10-13-19(14-11-17-21(4,5)6)15-12-18-22(7,8)9;;/h10-15H2,1-9H3;1H3;/q-3;-1;+4. The van der Waals surface area contributed by atoms with Crippen LogP contribution in [0.3, 0.4) is 0 Å². The predicted molar refractivity (Wildman–Crippen MR) is 118 cm³/mol. The van der Waals surface area contributed by atoms with E-state index in [0.29, 0.717) is 0 Å². The van der Waals surface area contributed by atoms with Gasteiger partial charge in [0.05, 0.1) is 0 Å². The van der Waals surface area contributed by atoms with Crippen molar-refractivity contribution in [3.05, 3.63) is 22.4 Å². The molecule has 0 bridgehead atoms. The van der Waals surface area contributed by atoms with Crippen LogP contribution in [-0.2, 0) is 26.2 Å². The van der Waals surface area contributed by atoms with Gasteiger partial charge in [-0.15, -0.1) is 19.6 Å². The fourth-order valence-electron chi connectivity index (χ4n) is 1.92. The molecule has 0 rings (SSSR count). The number of hydrogen-bond donors (Lipinski definition) is 0. The number of rotatable bonds is 12. The summed E-state index contributed by atoms with van der Waals surface area (Å²) in [5, 5.41) is 0. The van der Waals surface area contributed by atoms with E-state index >= 15 is 0 Å². The van der Waals surface area contributed by atoms with E-state index in [2.05, 4.69) is 63.8 Å². The van der Waals surface area contributed by atoms with Crippen molar-refractivity contribution in [2.24, 2.45) is 0 Å². The Morgan fingerprint density at radius 3 is 0.917 bits per heavy atom. The van der Waals surface area contributed by atoms with E-state index in [0.717, 1.165) is 39.3 Å². The van der Waals surface area contributed by atoms with Crippen LogP contribution in [0.1, 0.15) is 0 Å². The monoisotopic (exact) mass is 464 g/mol. The molecule has 0 spiro atoms. The minimum atomic E-state index is -1.28. The van der Waals surface area contributed by atoms with Gasteiger partial charge in [-0.3, -0.25) is 0 Å². The Labute approximate surface area is 175 Å². The molecule has 0 amide bonds. The predicted octanol–water partition coefficient (Wildman–Crippen LogP) is 5.36. The van der Waals surface area contributed by atoms with E-state index in [1.807, 2.05) is 0 Å². The SMILES string of the molecule is C[Si](C)(C)[N-]CCN(CC[N-][Si](C)(C)C)CC[N-][Si](C)(C)C.[CH3-].[Zr+4]. The summed E-state index contributed by atoms with van der Waals surface area (Å²) in [7, 11) is -3.84. The number of hydrogen-bond acceptors (Lipinski definition) is 1. The second-order valence-corrected chi connectivity index (χ2v) is 23.0. The summed E-state index contributed by atoms with van der Waals surface area (Å²) in [5.41, 5.74) is 0. The summed E-state index contributed by atoms with van der Waals surface area (Å²) < 4.78 is 0. The fourth-order valence-corrected chi connectivity index (χ4v) is 4.23. The third-order valence-corrected chi connectivity index (χ3v) is 6.52. The number of nitrogens with zero attached hydrogens (tertiary/aromatic N) is 4. The van der Waals surface area contributed by atoms with Gasteiger partial charge in [-0.2, -0.15) is 0 Å². The first-order chi connectivity index (χ1) is 9.79. The maximum atomic E-state index is 4.86. The molecule has 0 aromatic heterocycles. The van der Waals surface area contributed by atoms with E-state index < -0.39 is 24.7 Å². The summed E-state index contributed by atoms with van der Waals surface area (Å²) in [6, 6.07) is 0. The van der Waals surface area contributed by atoms with Gasteiger partial charge < -0.3 is 27.3 Å². The van der Waals surface area contributed by atoms with Gasteiger partial charge in [-0.1, -0.05) is 83.6 Å². The van der Waals surface area contributed by atoms with E-state index in [1.165, 1.54) is 0 Å². The third-order valence-electron chi connectivity index (χ3n) is 3.01.